The number of ether oxygens (including phenoxy) is 1. The molecule has 0 aliphatic heterocycles. The van der Waals surface area contributed by atoms with Gasteiger partial charge in [-0.05, 0) is 68.1 Å². The molecule has 1 fully saturated rings. The highest BCUT2D eigenvalue weighted by Crippen LogP contribution is 2.42. The molecule has 4 N–H and O–H groups in total. The first-order chi connectivity index (χ1) is 14.6. The summed E-state index contributed by atoms with van der Waals surface area (Å²) in [6, 6.07) is 11.6. The third-order valence-corrected chi connectivity index (χ3v) is 6.35. The van der Waals surface area contributed by atoms with Gasteiger partial charge in [0.15, 0.2) is 5.75 Å². The van der Waals surface area contributed by atoms with Gasteiger partial charge in [-0.3, -0.25) is 0 Å². The predicted molar refractivity (Wildman–Crippen MR) is 116 cm³/mol. The second-order valence-corrected chi connectivity index (χ2v) is 8.34. The van der Waals surface area contributed by atoms with E-state index in [9.17, 15) is 8.78 Å². The van der Waals surface area contributed by atoms with Crippen LogP contribution < -0.4 is 10.5 Å². The maximum absolute atomic E-state index is 14.0. The quantitative estimate of drug-likeness (QED) is 0.343. The van der Waals surface area contributed by atoms with Crippen molar-refractivity contribution in [2.24, 2.45) is 5.73 Å². The number of aromatic nitrogens is 2. The number of fused-ring (bicyclic) bond motifs is 6. The average Bonchev–Trinajstić information content (AvgIpc) is 3.27. The van der Waals surface area contributed by atoms with Crippen LogP contribution in [0.15, 0.2) is 42.5 Å². The van der Waals surface area contributed by atoms with Gasteiger partial charge in [-0.25, -0.2) is 8.78 Å². The van der Waals surface area contributed by atoms with Crippen LogP contribution in [0.4, 0.5) is 8.78 Å². The van der Waals surface area contributed by atoms with Crippen molar-refractivity contribution < 1.29 is 13.5 Å². The first-order valence-corrected chi connectivity index (χ1v) is 10.3. The smallest absolute Gasteiger partial charge is 0.167 e. The lowest BCUT2D eigenvalue weighted by Gasteiger charge is -2.27. The van der Waals surface area contributed by atoms with E-state index < -0.39 is 0 Å². The Morgan fingerprint density at radius 2 is 1.27 bits per heavy atom. The molecule has 1 saturated carbocycles. The Hall–Kier alpha value is -3.12. The largest absolute Gasteiger partial charge is 0.486 e. The molecular weight excluding hydrogens is 384 g/mol. The van der Waals surface area contributed by atoms with Gasteiger partial charge >= 0.3 is 0 Å². The monoisotopic (exact) mass is 405 g/mol. The van der Waals surface area contributed by atoms with Gasteiger partial charge in [0.1, 0.15) is 11.6 Å². The zero-order valence-electron chi connectivity index (χ0n) is 16.3. The fraction of sp³-hybridized carbons (Fsp3) is 0.250. The zero-order valence-corrected chi connectivity index (χ0v) is 16.3. The molecule has 0 saturated heterocycles. The van der Waals surface area contributed by atoms with Crippen LogP contribution in [-0.4, -0.2) is 22.1 Å². The van der Waals surface area contributed by atoms with Gasteiger partial charge in [-0.2, -0.15) is 0 Å². The molecule has 6 rings (SSSR count). The molecule has 4 nitrogen and oxygen atoms in total. The van der Waals surface area contributed by atoms with E-state index in [0.29, 0.717) is 5.75 Å². The summed E-state index contributed by atoms with van der Waals surface area (Å²) in [7, 11) is 0. The van der Waals surface area contributed by atoms with Gasteiger partial charge in [0, 0.05) is 38.6 Å². The molecule has 0 bridgehead atoms. The molecule has 0 unspecified atom stereocenters. The number of hydrogen-bond donors (Lipinski definition) is 3. The van der Waals surface area contributed by atoms with Gasteiger partial charge < -0.3 is 20.4 Å². The lowest BCUT2D eigenvalue weighted by Crippen LogP contribution is -2.31. The number of H-pyrrole nitrogens is 2. The van der Waals surface area contributed by atoms with Crippen LogP contribution in [0.5, 0.6) is 5.75 Å². The van der Waals surface area contributed by atoms with Gasteiger partial charge in [0.25, 0.3) is 0 Å². The van der Waals surface area contributed by atoms with Crippen molar-refractivity contribution in [3.8, 4) is 5.75 Å². The normalized spacial score (nSPS) is 20.0. The molecule has 0 atom stereocenters. The molecule has 152 valence electrons. The minimum atomic E-state index is -0.294. The Morgan fingerprint density at radius 3 is 1.80 bits per heavy atom. The van der Waals surface area contributed by atoms with Crippen LogP contribution in [0, 0.1) is 11.6 Å². The maximum atomic E-state index is 14.0. The van der Waals surface area contributed by atoms with E-state index in [0.717, 1.165) is 69.3 Å². The molecule has 5 aromatic rings. The third kappa shape index (κ3) is 2.67. The number of nitrogens with one attached hydrogen (secondary N) is 2. The van der Waals surface area contributed by atoms with Gasteiger partial charge in [-0.1, -0.05) is 0 Å². The van der Waals surface area contributed by atoms with E-state index in [2.05, 4.69) is 9.97 Å². The molecule has 1 aliphatic carbocycles. The first kappa shape index (κ1) is 17.7. The van der Waals surface area contributed by atoms with Gasteiger partial charge in [-0.15, -0.1) is 0 Å². The van der Waals surface area contributed by atoms with E-state index >= 15 is 0 Å². The lowest BCUT2D eigenvalue weighted by molar-refractivity contribution is 0.150. The van der Waals surface area contributed by atoms with E-state index in [4.69, 9.17) is 10.5 Å². The van der Waals surface area contributed by atoms with E-state index in [-0.39, 0.29) is 23.8 Å². The SMILES string of the molecule is N[C@H]1CC[C@H](Oc2c3[nH]c4ccc(F)cc4c3cc3c2[nH]c2ccc(F)cc23)CC1. The second-order valence-electron chi connectivity index (χ2n) is 8.34. The molecule has 6 heteroatoms. The van der Waals surface area contributed by atoms with E-state index in [1.165, 1.54) is 24.3 Å². The lowest BCUT2D eigenvalue weighted by atomic mass is 9.93. The van der Waals surface area contributed by atoms with Crippen LogP contribution in [0.2, 0.25) is 0 Å². The van der Waals surface area contributed by atoms with Crippen LogP contribution in [0.1, 0.15) is 25.7 Å². The zero-order chi connectivity index (χ0) is 20.4. The minimum Gasteiger partial charge on any atom is -0.486 e. The summed E-state index contributed by atoms with van der Waals surface area (Å²) in [6.45, 7) is 0. The number of aromatic amines is 2. The Balaban J connectivity index is 1.66. The van der Waals surface area contributed by atoms with Gasteiger partial charge in [0.2, 0.25) is 0 Å². The summed E-state index contributed by atoms with van der Waals surface area (Å²) >= 11 is 0. The fourth-order valence-corrected chi connectivity index (χ4v) is 4.79. The number of benzene rings is 3. The number of rotatable bonds is 2. The summed E-state index contributed by atoms with van der Waals surface area (Å²) in [4.78, 5) is 6.82. The van der Waals surface area contributed by atoms with E-state index in [1.807, 2.05) is 6.07 Å². The Morgan fingerprint density at radius 1 is 0.733 bits per heavy atom. The summed E-state index contributed by atoms with van der Waals surface area (Å²) in [5.74, 6) is 0.116. The fourth-order valence-electron chi connectivity index (χ4n) is 4.79. The topological polar surface area (TPSA) is 66.8 Å². The van der Waals surface area contributed by atoms with Crippen molar-refractivity contribution in [2.45, 2.75) is 37.8 Å². The molecule has 2 heterocycles. The molecule has 30 heavy (non-hydrogen) atoms. The third-order valence-electron chi connectivity index (χ3n) is 6.35. The minimum absolute atomic E-state index is 0.0601. The highest BCUT2D eigenvalue weighted by molar-refractivity contribution is 6.20. The van der Waals surface area contributed by atoms with Crippen molar-refractivity contribution in [2.75, 3.05) is 0 Å². The van der Waals surface area contributed by atoms with Crippen LogP contribution in [0.3, 0.4) is 0 Å². The van der Waals surface area contributed by atoms with Crippen molar-refractivity contribution in [3.05, 3.63) is 54.1 Å². The highest BCUT2D eigenvalue weighted by atomic mass is 19.1. The molecule has 0 amide bonds. The van der Waals surface area contributed by atoms with Crippen LogP contribution >= 0.6 is 0 Å². The van der Waals surface area contributed by atoms with E-state index in [1.54, 1.807) is 12.1 Å². The average molecular weight is 405 g/mol. The first-order valence-electron chi connectivity index (χ1n) is 10.3. The predicted octanol–water partition coefficient (Wildman–Crippen LogP) is 5.88. The molecule has 2 aromatic heterocycles. The summed E-state index contributed by atoms with van der Waals surface area (Å²) < 4.78 is 34.5. The van der Waals surface area contributed by atoms with Crippen molar-refractivity contribution in [1.29, 1.82) is 0 Å². The standard InChI is InChI=1S/C24H21F2N3O/c25-12-1-7-20-16(9-12)18-11-19-17-10-13(26)2-8-21(17)29-23(19)24(22(18)28-20)30-15-5-3-14(27)4-6-15/h1-2,7-11,14-15,28-29H,3-6,27H2/t14-,15-. The molecule has 1 aliphatic rings. The van der Waals surface area contributed by atoms with Crippen LogP contribution in [0.25, 0.3) is 43.6 Å². The Kier molecular flexibility index (Phi) is 3.80. The number of halogens is 2. The van der Waals surface area contributed by atoms with Crippen molar-refractivity contribution >= 4 is 43.6 Å². The Labute approximate surface area is 171 Å². The maximum Gasteiger partial charge on any atom is 0.167 e. The molecule has 0 spiro atoms. The van der Waals surface area contributed by atoms with Crippen LogP contribution in [-0.2, 0) is 0 Å². The molecule has 0 radical (unpaired) electrons. The van der Waals surface area contributed by atoms with Crippen molar-refractivity contribution in [1.82, 2.24) is 9.97 Å². The number of hydrogen-bond acceptors (Lipinski definition) is 2. The number of nitrogens with two attached hydrogens (primary N) is 1. The molecular formula is C24H21F2N3O. The summed E-state index contributed by atoms with van der Waals surface area (Å²) in [5, 5.41) is 3.30. The highest BCUT2D eigenvalue weighted by Gasteiger charge is 2.24. The van der Waals surface area contributed by atoms with Gasteiger partial charge in [0.05, 0.1) is 17.1 Å². The summed E-state index contributed by atoms with van der Waals surface area (Å²) in [6.07, 6.45) is 3.70. The van der Waals surface area contributed by atoms with Crippen molar-refractivity contribution in [3.63, 3.8) is 0 Å². The summed E-state index contributed by atoms with van der Waals surface area (Å²) in [5.41, 5.74) is 9.39. The Bertz CT molecular complexity index is 1330. The second kappa shape index (κ2) is 6.44. The molecule has 3 aromatic carbocycles.